The van der Waals surface area contributed by atoms with Crippen LogP contribution in [0.2, 0.25) is 0 Å². The fraction of sp³-hybridized carbons (Fsp3) is 0.500. The highest BCUT2D eigenvalue weighted by atomic mass is 16.6. The molecule has 0 aliphatic carbocycles. The Bertz CT molecular complexity index is 946. The van der Waals surface area contributed by atoms with Crippen LogP contribution in [0.15, 0.2) is 43.1 Å². The molecule has 5 atom stereocenters. The van der Waals surface area contributed by atoms with Crippen LogP contribution in [0.25, 0.3) is 10.9 Å². The second-order valence-electron chi connectivity index (χ2n) is 8.50. The van der Waals surface area contributed by atoms with Crippen LogP contribution >= 0.6 is 0 Å². The topological polar surface area (TPSA) is 77.7 Å². The van der Waals surface area contributed by atoms with Gasteiger partial charge in [0.15, 0.2) is 5.60 Å². The largest absolute Gasteiger partial charge is 0.497 e. The Morgan fingerprint density at radius 1 is 1.43 bits per heavy atom. The lowest BCUT2D eigenvalue weighted by Gasteiger charge is -2.55. The van der Waals surface area contributed by atoms with Crippen molar-refractivity contribution in [1.29, 1.82) is 0 Å². The number of methoxy groups -OCH3 is 1. The predicted molar refractivity (Wildman–Crippen MR) is 117 cm³/mol. The zero-order chi connectivity index (χ0) is 21.3. The van der Waals surface area contributed by atoms with E-state index >= 15 is 0 Å². The maximum absolute atomic E-state index is 12.2. The fourth-order valence-corrected chi connectivity index (χ4v) is 5.65. The molecule has 1 aromatic carbocycles. The van der Waals surface area contributed by atoms with E-state index in [-0.39, 0.29) is 6.04 Å². The molecular weight excluding hydrogens is 378 g/mol. The molecule has 1 unspecified atom stereocenters. The number of nitrogens with zero attached hydrogens (tertiary/aromatic N) is 2. The summed E-state index contributed by atoms with van der Waals surface area (Å²) in [5.41, 5.74) is 6.64. The van der Waals surface area contributed by atoms with Crippen LogP contribution < -0.4 is 10.5 Å². The monoisotopic (exact) mass is 409 g/mol. The van der Waals surface area contributed by atoms with Gasteiger partial charge >= 0.3 is 6.09 Å². The van der Waals surface area contributed by atoms with E-state index in [1.54, 1.807) is 13.3 Å². The van der Waals surface area contributed by atoms with E-state index in [9.17, 15) is 4.79 Å². The number of benzene rings is 1. The number of primary amides is 1. The summed E-state index contributed by atoms with van der Waals surface area (Å²) in [4.78, 5) is 19.2. The first-order valence-corrected chi connectivity index (χ1v) is 10.8. The Morgan fingerprint density at radius 3 is 2.90 bits per heavy atom. The standard InChI is InChI=1S/C24H31N3O3/c1-4-10-24(30-23(25)28,22-13-17-9-12-27(22)15-16(17)5-2)20-8-11-26-21-7-6-18(29-3)14-19(20)21/h5-8,11,14,16-17,22H,2,4,9-10,12-13,15H2,1,3H3,(H2,25,28)/t16-,17-,22-,24+/m0/s1. The molecule has 2 bridgehead atoms. The molecule has 1 amide bonds. The highest BCUT2D eigenvalue weighted by molar-refractivity contribution is 5.85. The summed E-state index contributed by atoms with van der Waals surface area (Å²) in [5.74, 6) is 1.78. The third-order valence-corrected chi connectivity index (χ3v) is 6.95. The van der Waals surface area contributed by atoms with E-state index < -0.39 is 11.7 Å². The van der Waals surface area contributed by atoms with E-state index in [1.807, 2.05) is 24.3 Å². The normalized spacial score (nSPS) is 27.4. The first-order chi connectivity index (χ1) is 14.5. The minimum atomic E-state index is -0.834. The lowest BCUT2D eigenvalue weighted by Crippen LogP contribution is -2.62. The average Bonchev–Trinajstić information content (AvgIpc) is 2.77. The summed E-state index contributed by atoms with van der Waals surface area (Å²) < 4.78 is 11.6. The van der Waals surface area contributed by atoms with Gasteiger partial charge in [-0.2, -0.15) is 0 Å². The van der Waals surface area contributed by atoms with Gasteiger partial charge in [-0.25, -0.2) is 4.79 Å². The average molecular weight is 410 g/mol. The van der Waals surface area contributed by atoms with Crippen LogP contribution in [-0.4, -0.2) is 42.2 Å². The highest BCUT2D eigenvalue weighted by Gasteiger charge is 2.52. The number of aromatic nitrogens is 1. The third kappa shape index (κ3) is 3.43. The summed E-state index contributed by atoms with van der Waals surface area (Å²) in [6.07, 6.45) is 6.80. The number of rotatable bonds is 7. The number of pyridine rings is 1. The quantitative estimate of drug-likeness (QED) is 0.693. The smallest absolute Gasteiger partial charge is 0.405 e. The van der Waals surface area contributed by atoms with Gasteiger partial charge in [0.2, 0.25) is 0 Å². The van der Waals surface area contributed by atoms with Crippen LogP contribution in [0, 0.1) is 11.8 Å². The first-order valence-electron chi connectivity index (χ1n) is 10.8. The van der Waals surface area contributed by atoms with Crippen molar-refractivity contribution in [1.82, 2.24) is 9.88 Å². The summed E-state index contributed by atoms with van der Waals surface area (Å²) >= 11 is 0. The Morgan fingerprint density at radius 2 is 2.27 bits per heavy atom. The van der Waals surface area contributed by atoms with E-state index in [1.165, 1.54) is 0 Å². The van der Waals surface area contributed by atoms with Crippen LogP contribution in [0.3, 0.4) is 0 Å². The molecule has 3 aliphatic heterocycles. The Balaban J connectivity index is 1.90. The molecule has 1 aromatic heterocycles. The summed E-state index contributed by atoms with van der Waals surface area (Å²) in [7, 11) is 1.65. The summed E-state index contributed by atoms with van der Waals surface area (Å²) in [6, 6.07) is 7.87. The molecule has 6 nitrogen and oxygen atoms in total. The van der Waals surface area contributed by atoms with Gasteiger partial charge in [0.25, 0.3) is 0 Å². The van der Waals surface area contributed by atoms with Gasteiger partial charge in [0.05, 0.1) is 18.7 Å². The molecule has 6 heteroatoms. The van der Waals surface area contributed by atoms with Gasteiger partial charge in [0, 0.05) is 23.7 Å². The second kappa shape index (κ2) is 8.26. The molecule has 160 valence electrons. The number of hydrogen-bond donors (Lipinski definition) is 1. The molecule has 2 N–H and O–H groups in total. The van der Waals surface area contributed by atoms with Crippen molar-refractivity contribution >= 4 is 17.0 Å². The molecule has 0 radical (unpaired) electrons. The number of carbonyl (C=O) groups excluding carboxylic acids is 1. The van der Waals surface area contributed by atoms with E-state index in [0.29, 0.717) is 18.3 Å². The van der Waals surface area contributed by atoms with Crippen LogP contribution in [-0.2, 0) is 10.3 Å². The van der Waals surface area contributed by atoms with Crippen molar-refractivity contribution < 1.29 is 14.3 Å². The van der Waals surface area contributed by atoms with Crippen molar-refractivity contribution in [3.05, 3.63) is 48.7 Å². The molecule has 3 fully saturated rings. The molecule has 0 saturated carbocycles. The second-order valence-corrected chi connectivity index (χ2v) is 8.50. The van der Waals surface area contributed by atoms with Crippen LogP contribution in [0.1, 0.15) is 38.2 Å². The van der Waals surface area contributed by atoms with Crippen molar-refractivity contribution in [3.8, 4) is 5.75 Å². The SMILES string of the molecule is C=C[C@H]1CN2CC[C@H]1C[C@H]2[C@](CCC)(OC(N)=O)c1ccnc2ccc(OC)cc12. The van der Waals surface area contributed by atoms with E-state index in [2.05, 4.69) is 29.5 Å². The number of hydrogen-bond acceptors (Lipinski definition) is 5. The van der Waals surface area contributed by atoms with Gasteiger partial charge in [-0.15, -0.1) is 6.58 Å². The molecule has 3 aliphatic rings. The third-order valence-electron chi connectivity index (χ3n) is 6.95. The van der Waals surface area contributed by atoms with Crippen LogP contribution in [0.4, 0.5) is 4.79 Å². The molecule has 3 saturated heterocycles. The lowest BCUT2D eigenvalue weighted by molar-refractivity contribution is -0.114. The molecular formula is C24H31N3O3. The minimum absolute atomic E-state index is 0.0664. The Labute approximate surface area is 178 Å². The zero-order valence-electron chi connectivity index (χ0n) is 17.8. The lowest BCUT2D eigenvalue weighted by atomic mass is 9.68. The number of piperidine rings is 3. The number of amides is 1. The fourth-order valence-electron chi connectivity index (χ4n) is 5.65. The predicted octanol–water partition coefficient (Wildman–Crippen LogP) is 4.23. The van der Waals surface area contributed by atoms with Crippen molar-refractivity contribution in [3.63, 3.8) is 0 Å². The van der Waals surface area contributed by atoms with Gasteiger partial charge in [-0.05, 0) is 61.9 Å². The molecule has 30 heavy (non-hydrogen) atoms. The highest BCUT2D eigenvalue weighted by Crippen LogP contribution is 2.48. The minimum Gasteiger partial charge on any atom is -0.497 e. The summed E-state index contributed by atoms with van der Waals surface area (Å²) in [5, 5.41) is 0.939. The van der Waals surface area contributed by atoms with Gasteiger partial charge in [-0.1, -0.05) is 19.4 Å². The molecule has 5 rings (SSSR count). The molecule has 4 heterocycles. The van der Waals surface area contributed by atoms with Gasteiger partial charge in [0.1, 0.15) is 5.75 Å². The number of nitrogens with two attached hydrogens (primary N) is 1. The van der Waals surface area contributed by atoms with Gasteiger partial charge < -0.3 is 15.2 Å². The maximum atomic E-state index is 12.2. The number of fused-ring (bicyclic) bond motifs is 4. The zero-order valence-corrected chi connectivity index (χ0v) is 17.8. The Hall–Kier alpha value is -2.60. The van der Waals surface area contributed by atoms with Crippen molar-refractivity contribution in [2.24, 2.45) is 17.6 Å². The number of carbonyl (C=O) groups is 1. The molecule has 2 aromatic rings. The molecule has 0 spiro atoms. The van der Waals surface area contributed by atoms with E-state index in [0.717, 1.165) is 54.6 Å². The van der Waals surface area contributed by atoms with Crippen molar-refractivity contribution in [2.75, 3.05) is 20.2 Å². The van der Waals surface area contributed by atoms with E-state index in [4.69, 9.17) is 15.2 Å². The Kier molecular flexibility index (Phi) is 5.69. The van der Waals surface area contributed by atoms with Crippen molar-refractivity contribution in [2.45, 2.75) is 44.2 Å². The van der Waals surface area contributed by atoms with Gasteiger partial charge in [-0.3, -0.25) is 9.88 Å². The first kappa shape index (κ1) is 20.7. The summed E-state index contributed by atoms with van der Waals surface area (Å²) in [6.45, 7) is 8.10. The number of ether oxygens (including phenoxy) is 2. The van der Waals surface area contributed by atoms with Crippen LogP contribution in [0.5, 0.6) is 5.75 Å². The maximum Gasteiger partial charge on any atom is 0.405 e.